The number of amides is 1. The average molecular weight is 364 g/mol. The van der Waals surface area contributed by atoms with Crippen LogP contribution in [0.1, 0.15) is 35.3 Å². The first kappa shape index (κ1) is 18.9. The summed E-state index contributed by atoms with van der Waals surface area (Å²) >= 11 is 0. The fourth-order valence-electron chi connectivity index (χ4n) is 3.06. The fraction of sp³-hybridized carbons (Fsp3) is 0.273. The molecule has 1 amide bonds. The van der Waals surface area contributed by atoms with Gasteiger partial charge in [-0.2, -0.15) is 0 Å². The van der Waals surface area contributed by atoms with Crippen LogP contribution in [-0.2, 0) is 13.1 Å². The highest BCUT2D eigenvalue weighted by atomic mass is 16.4. The van der Waals surface area contributed by atoms with Crippen molar-refractivity contribution in [2.45, 2.75) is 26.9 Å². The quantitative estimate of drug-likeness (QED) is 0.651. The lowest BCUT2D eigenvalue weighted by atomic mass is 10.1. The summed E-state index contributed by atoms with van der Waals surface area (Å²) in [6.07, 6.45) is 0. The van der Waals surface area contributed by atoms with E-state index in [2.05, 4.69) is 30.1 Å². The van der Waals surface area contributed by atoms with Crippen molar-refractivity contribution in [2.24, 2.45) is 0 Å². The zero-order valence-corrected chi connectivity index (χ0v) is 15.7. The van der Waals surface area contributed by atoms with Crippen molar-refractivity contribution in [3.05, 3.63) is 81.7 Å². The third kappa shape index (κ3) is 4.44. The van der Waals surface area contributed by atoms with Crippen molar-refractivity contribution >= 4 is 16.9 Å². The number of rotatable bonds is 7. The Morgan fingerprint density at radius 1 is 1.00 bits per heavy atom. The Bertz CT molecular complexity index is 990. The van der Waals surface area contributed by atoms with Crippen LogP contribution in [0, 0.1) is 0 Å². The van der Waals surface area contributed by atoms with Gasteiger partial charge in [-0.15, -0.1) is 0 Å². The van der Waals surface area contributed by atoms with E-state index in [1.807, 2.05) is 30.3 Å². The molecule has 0 radical (unpaired) electrons. The molecule has 0 aliphatic carbocycles. The number of carbonyl (C=O) groups is 1. The molecule has 140 valence electrons. The Hall–Kier alpha value is -2.92. The van der Waals surface area contributed by atoms with E-state index in [-0.39, 0.29) is 5.56 Å². The van der Waals surface area contributed by atoms with Crippen molar-refractivity contribution in [3.63, 3.8) is 0 Å². The first-order chi connectivity index (χ1) is 13.1. The SMILES string of the molecule is CCN(CC)Cc1ccccc1CNC(=O)c1cc2ccccc2oc1=O. The second kappa shape index (κ2) is 8.64. The number of benzene rings is 2. The summed E-state index contributed by atoms with van der Waals surface area (Å²) in [5.41, 5.74) is 2.09. The Morgan fingerprint density at radius 3 is 2.41 bits per heavy atom. The lowest BCUT2D eigenvalue weighted by Gasteiger charge is -2.20. The highest BCUT2D eigenvalue weighted by molar-refractivity contribution is 5.96. The molecule has 3 rings (SSSR count). The van der Waals surface area contributed by atoms with E-state index in [1.54, 1.807) is 18.2 Å². The molecule has 0 saturated carbocycles. The molecule has 1 heterocycles. The highest BCUT2D eigenvalue weighted by Crippen LogP contribution is 2.14. The molecule has 27 heavy (non-hydrogen) atoms. The van der Waals surface area contributed by atoms with E-state index in [9.17, 15) is 9.59 Å². The predicted molar refractivity (Wildman–Crippen MR) is 107 cm³/mol. The molecule has 0 atom stereocenters. The molecule has 3 aromatic rings. The van der Waals surface area contributed by atoms with Gasteiger partial charge in [0.2, 0.25) is 0 Å². The van der Waals surface area contributed by atoms with Crippen LogP contribution in [0.2, 0.25) is 0 Å². The van der Waals surface area contributed by atoms with Gasteiger partial charge in [-0.1, -0.05) is 56.3 Å². The second-order valence-corrected chi connectivity index (χ2v) is 6.40. The predicted octanol–water partition coefficient (Wildman–Crippen LogP) is 3.56. The molecule has 1 N–H and O–H groups in total. The van der Waals surface area contributed by atoms with Crippen LogP contribution in [0.5, 0.6) is 0 Å². The Balaban J connectivity index is 1.77. The molecular weight excluding hydrogens is 340 g/mol. The van der Waals surface area contributed by atoms with E-state index < -0.39 is 11.5 Å². The van der Waals surface area contributed by atoms with Crippen LogP contribution >= 0.6 is 0 Å². The topological polar surface area (TPSA) is 62.6 Å². The van der Waals surface area contributed by atoms with E-state index in [0.717, 1.165) is 30.6 Å². The summed E-state index contributed by atoms with van der Waals surface area (Å²) in [6, 6.07) is 16.8. The van der Waals surface area contributed by atoms with Crippen LogP contribution < -0.4 is 10.9 Å². The summed E-state index contributed by atoms with van der Waals surface area (Å²) in [4.78, 5) is 27.0. The molecule has 0 spiro atoms. The Labute approximate surface area is 158 Å². The van der Waals surface area contributed by atoms with Crippen molar-refractivity contribution < 1.29 is 9.21 Å². The normalized spacial score (nSPS) is 11.1. The molecule has 5 nitrogen and oxygen atoms in total. The summed E-state index contributed by atoms with van der Waals surface area (Å²) < 4.78 is 5.25. The zero-order valence-electron chi connectivity index (χ0n) is 15.7. The molecule has 0 bridgehead atoms. The molecular formula is C22H24N2O3. The van der Waals surface area contributed by atoms with Gasteiger partial charge in [0.1, 0.15) is 11.1 Å². The standard InChI is InChI=1S/C22H24N2O3/c1-3-24(4-2)15-18-11-6-5-10-17(18)14-23-21(25)19-13-16-9-7-8-12-20(16)27-22(19)26/h5-13H,3-4,14-15H2,1-2H3,(H,23,25). The lowest BCUT2D eigenvalue weighted by Crippen LogP contribution is -2.29. The maximum Gasteiger partial charge on any atom is 0.349 e. The smallest absolute Gasteiger partial charge is 0.349 e. The number of nitrogens with zero attached hydrogens (tertiary/aromatic N) is 1. The van der Waals surface area contributed by atoms with Gasteiger partial charge in [0.25, 0.3) is 5.91 Å². The fourth-order valence-corrected chi connectivity index (χ4v) is 3.06. The van der Waals surface area contributed by atoms with Crippen LogP contribution in [-0.4, -0.2) is 23.9 Å². The largest absolute Gasteiger partial charge is 0.422 e. The summed E-state index contributed by atoms with van der Waals surface area (Å²) in [5.74, 6) is -0.424. The van der Waals surface area contributed by atoms with Gasteiger partial charge in [0, 0.05) is 18.5 Å². The van der Waals surface area contributed by atoms with Crippen LogP contribution in [0.15, 0.2) is 63.8 Å². The van der Waals surface area contributed by atoms with Crippen molar-refractivity contribution in [1.29, 1.82) is 0 Å². The number of nitrogens with one attached hydrogen (secondary N) is 1. The monoisotopic (exact) mass is 364 g/mol. The number of para-hydroxylation sites is 1. The van der Waals surface area contributed by atoms with E-state index >= 15 is 0 Å². The van der Waals surface area contributed by atoms with Gasteiger partial charge in [-0.25, -0.2) is 4.79 Å². The summed E-state index contributed by atoms with van der Waals surface area (Å²) in [7, 11) is 0. The number of hydrogen-bond acceptors (Lipinski definition) is 4. The van der Waals surface area contributed by atoms with Crippen LogP contribution in [0.4, 0.5) is 0 Å². The minimum absolute atomic E-state index is 0.0231. The Morgan fingerprint density at radius 2 is 1.67 bits per heavy atom. The van der Waals surface area contributed by atoms with Gasteiger partial charge in [-0.3, -0.25) is 9.69 Å². The molecule has 0 aliphatic rings. The van der Waals surface area contributed by atoms with Crippen molar-refractivity contribution in [2.75, 3.05) is 13.1 Å². The Kier molecular flexibility index (Phi) is 6.04. The molecule has 5 heteroatoms. The summed E-state index contributed by atoms with van der Waals surface area (Å²) in [5, 5.41) is 3.58. The maximum absolute atomic E-state index is 12.5. The van der Waals surface area contributed by atoms with Gasteiger partial charge >= 0.3 is 5.63 Å². The highest BCUT2D eigenvalue weighted by Gasteiger charge is 2.14. The second-order valence-electron chi connectivity index (χ2n) is 6.40. The van der Waals surface area contributed by atoms with Crippen LogP contribution in [0.25, 0.3) is 11.0 Å². The third-order valence-electron chi connectivity index (χ3n) is 4.73. The van der Waals surface area contributed by atoms with Gasteiger partial charge < -0.3 is 9.73 Å². The minimum Gasteiger partial charge on any atom is -0.422 e. The summed E-state index contributed by atoms with van der Waals surface area (Å²) in [6.45, 7) is 7.39. The molecule has 0 saturated heterocycles. The molecule has 0 aliphatic heterocycles. The van der Waals surface area contributed by atoms with E-state index in [1.165, 1.54) is 5.56 Å². The first-order valence-corrected chi connectivity index (χ1v) is 9.22. The molecule has 2 aromatic carbocycles. The van der Waals surface area contributed by atoms with Crippen molar-refractivity contribution in [1.82, 2.24) is 10.2 Å². The van der Waals surface area contributed by atoms with E-state index in [0.29, 0.717) is 12.1 Å². The third-order valence-corrected chi connectivity index (χ3v) is 4.73. The van der Waals surface area contributed by atoms with Gasteiger partial charge in [0.05, 0.1) is 0 Å². The molecule has 0 unspecified atom stereocenters. The average Bonchev–Trinajstić information content (AvgIpc) is 2.70. The van der Waals surface area contributed by atoms with E-state index in [4.69, 9.17) is 4.42 Å². The molecule has 1 aromatic heterocycles. The van der Waals surface area contributed by atoms with Gasteiger partial charge in [0.15, 0.2) is 0 Å². The first-order valence-electron chi connectivity index (χ1n) is 9.22. The number of carbonyl (C=O) groups excluding carboxylic acids is 1. The maximum atomic E-state index is 12.5. The van der Waals surface area contributed by atoms with Gasteiger partial charge in [-0.05, 0) is 36.3 Å². The van der Waals surface area contributed by atoms with Crippen LogP contribution in [0.3, 0.4) is 0 Å². The molecule has 0 fully saturated rings. The lowest BCUT2D eigenvalue weighted by molar-refractivity contribution is 0.0947. The number of fused-ring (bicyclic) bond motifs is 1. The minimum atomic E-state index is -0.623. The zero-order chi connectivity index (χ0) is 19.2. The van der Waals surface area contributed by atoms with Crippen molar-refractivity contribution in [3.8, 4) is 0 Å². The number of hydrogen-bond donors (Lipinski definition) is 1.